The summed E-state index contributed by atoms with van der Waals surface area (Å²) in [6.45, 7) is 0.422. The number of halogens is 2. The number of ether oxygens (including phenoxy) is 4. The summed E-state index contributed by atoms with van der Waals surface area (Å²) in [7, 11) is 6.08. The van der Waals surface area contributed by atoms with Crippen LogP contribution in [0.2, 0.25) is 0 Å². The third kappa shape index (κ3) is 7.05. The van der Waals surface area contributed by atoms with Gasteiger partial charge >= 0.3 is 5.97 Å². The summed E-state index contributed by atoms with van der Waals surface area (Å²) in [5.41, 5.74) is 3.46. The number of amides is 1. The minimum atomic E-state index is -0.955. The molecule has 37 heavy (non-hydrogen) atoms. The molecule has 1 heterocycles. The van der Waals surface area contributed by atoms with Crippen LogP contribution in [0.15, 0.2) is 58.4 Å². The third-order valence-corrected chi connectivity index (χ3v) is 6.80. The van der Waals surface area contributed by atoms with Crippen LogP contribution in [0.1, 0.15) is 16.0 Å². The Balaban J connectivity index is 1.86. The van der Waals surface area contributed by atoms with Gasteiger partial charge in [-0.1, -0.05) is 53.5 Å². The van der Waals surface area contributed by atoms with E-state index in [-0.39, 0.29) is 16.5 Å². The summed E-state index contributed by atoms with van der Waals surface area (Å²) in [6, 6.07) is 13.9. The number of carbonyl (C=O) groups is 2. The van der Waals surface area contributed by atoms with Crippen LogP contribution in [0.3, 0.4) is 0 Å². The van der Waals surface area contributed by atoms with E-state index in [0.717, 1.165) is 22.3 Å². The zero-order valence-corrected chi connectivity index (χ0v) is 23.1. The van der Waals surface area contributed by atoms with Crippen molar-refractivity contribution < 1.29 is 28.5 Å². The lowest BCUT2D eigenvalue weighted by Gasteiger charge is -2.18. The van der Waals surface area contributed by atoms with Gasteiger partial charge in [0.1, 0.15) is 22.0 Å². The van der Waals surface area contributed by atoms with Crippen LogP contribution in [-0.2, 0) is 32.1 Å². The summed E-state index contributed by atoms with van der Waals surface area (Å²) < 4.78 is 21.2. The molecule has 3 aromatic rings. The number of methoxy groups -OCH3 is 4. The number of rotatable bonds is 11. The minimum Gasteiger partial charge on any atom is -0.496 e. The molecule has 0 aliphatic heterocycles. The van der Waals surface area contributed by atoms with Crippen molar-refractivity contribution in [3.63, 3.8) is 0 Å². The van der Waals surface area contributed by atoms with Gasteiger partial charge in [-0.15, -0.1) is 11.3 Å². The molecule has 2 aromatic carbocycles. The van der Waals surface area contributed by atoms with Crippen LogP contribution in [0.4, 0.5) is 0 Å². The lowest BCUT2D eigenvalue weighted by atomic mass is 9.98. The van der Waals surface area contributed by atoms with E-state index in [1.165, 1.54) is 18.4 Å². The molecule has 196 valence electrons. The maximum Gasteiger partial charge on any atom is 0.328 e. The van der Waals surface area contributed by atoms with Crippen molar-refractivity contribution in [1.29, 1.82) is 0 Å². The molecule has 0 unspecified atom stereocenters. The molecule has 1 N–H and O–H groups in total. The van der Waals surface area contributed by atoms with Crippen molar-refractivity contribution in [3.05, 3.63) is 74.4 Å². The summed E-state index contributed by atoms with van der Waals surface area (Å²) in [5, 5.41) is 4.50. The maximum atomic E-state index is 13.0. The highest BCUT2D eigenvalue weighted by atomic mass is 35.5. The second-order valence-electron chi connectivity index (χ2n) is 7.87. The molecular weight excluding hydrogens is 537 g/mol. The number of benzene rings is 2. The normalized spacial score (nSPS) is 11.4. The first-order valence-corrected chi connectivity index (χ1v) is 12.8. The molecule has 1 atom stereocenters. The molecule has 0 radical (unpaired) electrons. The highest BCUT2D eigenvalue weighted by Crippen LogP contribution is 2.40. The second kappa shape index (κ2) is 13.5. The summed E-state index contributed by atoms with van der Waals surface area (Å²) in [5.74, 6) is 0.125. The average molecular weight is 564 g/mol. The van der Waals surface area contributed by atoms with Gasteiger partial charge in [-0.3, -0.25) is 4.79 Å². The molecule has 0 spiro atoms. The Morgan fingerprint density at radius 3 is 2.08 bits per heavy atom. The van der Waals surface area contributed by atoms with E-state index in [9.17, 15) is 9.59 Å². The minimum absolute atomic E-state index is 0.0960. The number of thiophene rings is 1. The van der Waals surface area contributed by atoms with E-state index in [1.807, 2.05) is 36.4 Å². The van der Waals surface area contributed by atoms with Gasteiger partial charge < -0.3 is 24.3 Å². The Morgan fingerprint density at radius 1 is 0.946 bits per heavy atom. The molecule has 7 nitrogen and oxygen atoms in total. The monoisotopic (exact) mass is 563 g/mol. The third-order valence-electron chi connectivity index (χ3n) is 5.53. The van der Waals surface area contributed by atoms with E-state index >= 15 is 0 Å². The molecule has 0 saturated heterocycles. The van der Waals surface area contributed by atoms with Gasteiger partial charge in [0.05, 0.1) is 39.1 Å². The molecule has 1 amide bonds. The Kier molecular flexibility index (Phi) is 10.4. The van der Waals surface area contributed by atoms with Crippen LogP contribution in [0.25, 0.3) is 16.7 Å². The highest BCUT2D eigenvalue weighted by Gasteiger charge is 2.26. The Bertz CT molecular complexity index is 1230. The van der Waals surface area contributed by atoms with Gasteiger partial charge in [0.2, 0.25) is 0 Å². The Hall–Kier alpha value is -3.04. The molecule has 0 saturated carbocycles. The van der Waals surface area contributed by atoms with Crippen molar-refractivity contribution in [3.8, 4) is 22.6 Å². The van der Waals surface area contributed by atoms with Crippen LogP contribution >= 0.6 is 34.5 Å². The number of hydrogen-bond donors (Lipinski definition) is 1. The lowest BCUT2D eigenvalue weighted by molar-refractivity contribution is -0.144. The van der Waals surface area contributed by atoms with Crippen molar-refractivity contribution >= 4 is 52.0 Å². The first-order chi connectivity index (χ1) is 17.8. The van der Waals surface area contributed by atoms with E-state index < -0.39 is 17.9 Å². The zero-order chi connectivity index (χ0) is 26.9. The van der Waals surface area contributed by atoms with Gasteiger partial charge in [-0.2, -0.15) is 0 Å². The predicted molar refractivity (Wildman–Crippen MR) is 146 cm³/mol. The summed E-state index contributed by atoms with van der Waals surface area (Å²) >= 11 is 13.3. The van der Waals surface area contributed by atoms with Crippen molar-refractivity contribution in [2.24, 2.45) is 0 Å². The lowest BCUT2D eigenvalue weighted by Crippen LogP contribution is -2.43. The van der Waals surface area contributed by atoms with E-state index in [4.69, 9.17) is 42.1 Å². The second-order valence-corrected chi connectivity index (χ2v) is 9.77. The number of nitrogens with one attached hydrogen (secondary N) is 1. The number of hydrogen-bond acceptors (Lipinski definition) is 7. The molecule has 0 bridgehead atoms. The fourth-order valence-corrected chi connectivity index (χ4v) is 5.08. The topological polar surface area (TPSA) is 83.1 Å². The Morgan fingerprint density at radius 2 is 1.59 bits per heavy atom. The number of carbonyl (C=O) groups excluding carboxylic acids is 2. The van der Waals surface area contributed by atoms with Crippen LogP contribution < -0.4 is 14.8 Å². The fourth-order valence-electron chi connectivity index (χ4n) is 3.82. The van der Waals surface area contributed by atoms with Crippen molar-refractivity contribution in [2.45, 2.75) is 19.1 Å². The quantitative estimate of drug-likeness (QED) is 0.240. The largest absolute Gasteiger partial charge is 0.496 e. The fraction of sp³-hybridized carbons (Fsp3) is 0.259. The van der Waals surface area contributed by atoms with Crippen molar-refractivity contribution in [1.82, 2.24) is 5.32 Å². The molecule has 1 aromatic heterocycles. The molecule has 0 aliphatic rings. The van der Waals surface area contributed by atoms with E-state index in [2.05, 4.69) is 5.32 Å². The predicted octanol–water partition coefficient (Wildman–Crippen LogP) is 5.63. The molecular formula is C27H27Cl2NO6S. The smallest absolute Gasteiger partial charge is 0.328 e. The first kappa shape index (κ1) is 28.5. The highest BCUT2D eigenvalue weighted by molar-refractivity contribution is 7.11. The summed E-state index contributed by atoms with van der Waals surface area (Å²) in [6.07, 6.45) is 0.192. The zero-order valence-electron chi connectivity index (χ0n) is 20.8. The van der Waals surface area contributed by atoms with Crippen LogP contribution in [0.5, 0.6) is 11.5 Å². The molecule has 3 rings (SSSR count). The van der Waals surface area contributed by atoms with E-state index in [0.29, 0.717) is 23.0 Å². The standard InChI is InChI=1S/C27H27Cl2NO6S/c1-33-15-17-13-20(34-2)23(21(14-17)35-3)18-9-7-16(8-10-18)12-19(27(32)36-4)30-26(31)24(25(28)29)22-6-5-11-37-22/h5-11,13-14,19H,12,15H2,1-4H3,(H,30,31)/t19-/m0/s1. The summed E-state index contributed by atoms with van der Waals surface area (Å²) in [4.78, 5) is 26.1. The van der Waals surface area contributed by atoms with Gasteiger partial charge in [0.25, 0.3) is 5.91 Å². The van der Waals surface area contributed by atoms with Crippen LogP contribution in [-0.4, -0.2) is 46.4 Å². The maximum absolute atomic E-state index is 13.0. The molecule has 0 fully saturated rings. The average Bonchev–Trinajstić information content (AvgIpc) is 3.42. The van der Waals surface area contributed by atoms with Gasteiger partial charge in [0, 0.05) is 18.4 Å². The Labute approximate surface area is 229 Å². The molecule has 10 heteroatoms. The SMILES string of the molecule is COCc1cc(OC)c(-c2ccc(C[C@H](NC(=O)C(=C(Cl)Cl)c3cccs3)C(=O)OC)cc2)c(OC)c1. The first-order valence-electron chi connectivity index (χ1n) is 11.1. The van der Waals surface area contributed by atoms with Gasteiger partial charge in [-0.05, 0) is 40.3 Å². The number of esters is 1. The van der Waals surface area contributed by atoms with Gasteiger partial charge in [-0.25, -0.2) is 4.79 Å². The van der Waals surface area contributed by atoms with E-state index in [1.54, 1.807) is 38.8 Å². The van der Waals surface area contributed by atoms with Crippen LogP contribution in [0, 0.1) is 0 Å². The van der Waals surface area contributed by atoms with Crippen molar-refractivity contribution in [2.75, 3.05) is 28.4 Å². The van der Waals surface area contributed by atoms with Gasteiger partial charge in [0.15, 0.2) is 0 Å². The molecule has 0 aliphatic carbocycles.